The molecule has 1 aliphatic rings. The number of amides is 2. The van der Waals surface area contributed by atoms with E-state index >= 15 is 0 Å². The number of hydrogen-bond donors (Lipinski definition) is 1. The zero-order chi connectivity index (χ0) is 15.5. The summed E-state index contributed by atoms with van der Waals surface area (Å²) < 4.78 is 5.03. The lowest BCUT2D eigenvalue weighted by atomic mass is 10.2. The molecule has 2 aromatic rings. The summed E-state index contributed by atoms with van der Waals surface area (Å²) in [6, 6.07) is 5.55. The first-order valence-corrected chi connectivity index (χ1v) is 7.65. The van der Waals surface area contributed by atoms with Crippen LogP contribution < -0.4 is 10.2 Å². The lowest BCUT2D eigenvalue weighted by molar-refractivity contribution is 0.246. The maximum atomic E-state index is 12.3. The Morgan fingerprint density at radius 3 is 3.14 bits per heavy atom. The molecule has 1 aromatic carbocycles. The molecule has 0 saturated heterocycles. The Hall–Kier alpha value is -2.08. The minimum atomic E-state index is -0.0947. The van der Waals surface area contributed by atoms with Crippen molar-refractivity contribution in [2.75, 3.05) is 18.0 Å². The Labute approximate surface area is 133 Å². The van der Waals surface area contributed by atoms with Gasteiger partial charge in [0.2, 0.25) is 5.89 Å². The summed E-state index contributed by atoms with van der Waals surface area (Å²) in [5.74, 6) is 1.23. The number of urea groups is 1. The van der Waals surface area contributed by atoms with E-state index < -0.39 is 0 Å². The molecule has 1 aliphatic heterocycles. The van der Waals surface area contributed by atoms with Crippen LogP contribution in [0.25, 0.3) is 0 Å². The predicted molar refractivity (Wildman–Crippen MR) is 83.3 cm³/mol. The van der Waals surface area contributed by atoms with Crippen LogP contribution in [0.4, 0.5) is 10.5 Å². The third kappa shape index (κ3) is 3.06. The van der Waals surface area contributed by atoms with Crippen molar-refractivity contribution in [1.29, 1.82) is 0 Å². The van der Waals surface area contributed by atoms with Crippen LogP contribution in [-0.4, -0.2) is 29.3 Å². The second kappa shape index (κ2) is 6.36. The molecule has 116 valence electrons. The van der Waals surface area contributed by atoms with E-state index in [4.69, 9.17) is 16.1 Å². The standard InChI is InChI=1S/C15H17ClN4O2/c1-10-18-14(22-19-10)6-3-8-17-15(21)20-9-7-11-12(16)4-2-5-13(11)20/h2,4-5H,3,6-9H2,1H3,(H,17,21). The zero-order valence-electron chi connectivity index (χ0n) is 12.3. The Balaban J connectivity index is 1.50. The van der Waals surface area contributed by atoms with E-state index in [0.717, 1.165) is 29.1 Å². The largest absolute Gasteiger partial charge is 0.339 e. The van der Waals surface area contributed by atoms with Crippen molar-refractivity contribution in [3.63, 3.8) is 0 Å². The number of carbonyl (C=O) groups is 1. The Kier molecular flexibility index (Phi) is 4.29. The molecule has 0 radical (unpaired) electrons. The van der Waals surface area contributed by atoms with Gasteiger partial charge in [-0.1, -0.05) is 22.8 Å². The first-order chi connectivity index (χ1) is 10.6. The van der Waals surface area contributed by atoms with Crippen molar-refractivity contribution in [2.24, 2.45) is 0 Å². The van der Waals surface area contributed by atoms with E-state index in [0.29, 0.717) is 31.2 Å². The van der Waals surface area contributed by atoms with Gasteiger partial charge in [-0.15, -0.1) is 0 Å². The molecule has 7 heteroatoms. The molecule has 2 heterocycles. The highest BCUT2D eigenvalue weighted by Crippen LogP contribution is 2.33. The molecule has 1 N–H and O–H groups in total. The summed E-state index contributed by atoms with van der Waals surface area (Å²) in [5.41, 5.74) is 1.94. The minimum absolute atomic E-state index is 0.0947. The van der Waals surface area contributed by atoms with Crippen LogP contribution in [0.15, 0.2) is 22.7 Å². The number of halogens is 1. The second-order valence-electron chi connectivity index (χ2n) is 5.21. The summed E-state index contributed by atoms with van der Waals surface area (Å²) in [4.78, 5) is 18.1. The third-order valence-corrected chi connectivity index (χ3v) is 3.98. The number of fused-ring (bicyclic) bond motifs is 1. The molecule has 6 nitrogen and oxygen atoms in total. The topological polar surface area (TPSA) is 71.3 Å². The smallest absolute Gasteiger partial charge is 0.321 e. The summed E-state index contributed by atoms with van der Waals surface area (Å²) in [6.07, 6.45) is 2.21. The molecule has 0 spiro atoms. The van der Waals surface area contributed by atoms with Crippen LogP contribution in [0, 0.1) is 6.92 Å². The fourth-order valence-corrected chi connectivity index (χ4v) is 2.84. The van der Waals surface area contributed by atoms with Gasteiger partial charge in [0, 0.05) is 24.5 Å². The summed E-state index contributed by atoms with van der Waals surface area (Å²) in [7, 11) is 0. The van der Waals surface area contributed by atoms with Gasteiger partial charge in [0.1, 0.15) is 0 Å². The highest BCUT2D eigenvalue weighted by Gasteiger charge is 2.25. The van der Waals surface area contributed by atoms with Crippen LogP contribution in [0.1, 0.15) is 23.7 Å². The van der Waals surface area contributed by atoms with Crippen molar-refractivity contribution >= 4 is 23.3 Å². The number of aryl methyl sites for hydroxylation is 2. The Bertz CT molecular complexity index is 686. The number of rotatable bonds is 4. The molecule has 0 saturated carbocycles. The number of benzene rings is 1. The Morgan fingerprint density at radius 1 is 1.50 bits per heavy atom. The van der Waals surface area contributed by atoms with Gasteiger partial charge in [0.25, 0.3) is 0 Å². The number of hydrogen-bond acceptors (Lipinski definition) is 4. The molecule has 3 rings (SSSR count). The lowest BCUT2D eigenvalue weighted by Crippen LogP contribution is -2.39. The molecule has 0 atom stereocenters. The first-order valence-electron chi connectivity index (χ1n) is 7.27. The van der Waals surface area contributed by atoms with Crippen molar-refractivity contribution in [3.8, 4) is 0 Å². The maximum absolute atomic E-state index is 12.3. The van der Waals surface area contributed by atoms with Gasteiger partial charge >= 0.3 is 6.03 Å². The van der Waals surface area contributed by atoms with E-state index in [2.05, 4.69) is 15.5 Å². The van der Waals surface area contributed by atoms with Crippen LogP contribution in [0.2, 0.25) is 5.02 Å². The van der Waals surface area contributed by atoms with Gasteiger partial charge in [-0.3, -0.25) is 4.90 Å². The van der Waals surface area contributed by atoms with Crippen LogP contribution in [-0.2, 0) is 12.8 Å². The summed E-state index contributed by atoms with van der Waals surface area (Å²) in [5, 5.41) is 7.37. The first kappa shape index (κ1) is 14.8. The molecular weight excluding hydrogens is 304 g/mol. The van der Waals surface area contributed by atoms with E-state index in [-0.39, 0.29) is 6.03 Å². The maximum Gasteiger partial charge on any atom is 0.321 e. The van der Waals surface area contributed by atoms with E-state index in [9.17, 15) is 4.79 Å². The van der Waals surface area contributed by atoms with Crippen molar-refractivity contribution in [2.45, 2.75) is 26.2 Å². The molecule has 0 fully saturated rings. The molecular formula is C15H17ClN4O2. The number of nitrogens with one attached hydrogen (secondary N) is 1. The number of anilines is 1. The van der Waals surface area contributed by atoms with E-state index in [1.165, 1.54) is 0 Å². The number of aromatic nitrogens is 2. The van der Waals surface area contributed by atoms with Gasteiger partial charge in [0.05, 0.1) is 5.69 Å². The van der Waals surface area contributed by atoms with E-state index in [1.54, 1.807) is 11.8 Å². The van der Waals surface area contributed by atoms with Crippen molar-refractivity contribution in [3.05, 3.63) is 40.5 Å². The summed E-state index contributed by atoms with van der Waals surface area (Å²) in [6.45, 7) is 3.01. The van der Waals surface area contributed by atoms with Gasteiger partial charge in [-0.2, -0.15) is 4.98 Å². The SMILES string of the molecule is Cc1noc(CCCNC(=O)N2CCc3c(Cl)cccc32)n1. The molecule has 0 bridgehead atoms. The monoisotopic (exact) mass is 320 g/mol. The van der Waals surface area contributed by atoms with Crippen LogP contribution in [0.5, 0.6) is 0 Å². The summed E-state index contributed by atoms with van der Waals surface area (Å²) >= 11 is 6.15. The molecule has 0 unspecified atom stereocenters. The fourth-order valence-electron chi connectivity index (χ4n) is 2.57. The van der Waals surface area contributed by atoms with Gasteiger partial charge in [-0.05, 0) is 37.5 Å². The van der Waals surface area contributed by atoms with Gasteiger partial charge < -0.3 is 9.84 Å². The molecule has 0 aliphatic carbocycles. The minimum Gasteiger partial charge on any atom is -0.339 e. The van der Waals surface area contributed by atoms with Crippen LogP contribution >= 0.6 is 11.6 Å². The van der Waals surface area contributed by atoms with Crippen molar-refractivity contribution in [1.82, 2.24) is 15.5 Å². The number of carbonyl (C=O) groups excluding carboxylic acids is 1. The number of nitrogens with zero attached hydrogens (tertiary/aromatic N) is 3. The average molecular weight is 321 g/mol. The molecule has 1 aromatic heterocycles. The van der Waals surface area contributed by atoms with E-state index in [1.807, 2.05) is 18.2 Å². The zero-order valence-corrected chi connectivity index (χ0v) is 13.1. The van der Waals surface area contributed by atoms with Crippen LogP contribution in [0.3, 0.4) is 0 Å². The second-order valence-corrected chi connectivity index (χ2v) is 5.62. The predicted octanol–water partition coefficient (Wildman–Crippen LogP) is 2.74. The quantitative estimate of drug-likeness (QED) is 0.879. The lowest BCUT2D eigenvalue weighted by Gasteiger charge is -2.18. The average Bonchev–Trinajstić information content (AvgIpc) is 3.10. The Morgan fingerprint density at radius 2 is 2.36 bits per heavy atom. The van der Waals surface area contributed by atoms with Gasteiger partial charge in [-0.25, -0.2) is 4.79 Å². The highest BCUT2D eigenvalue weighted by molar-refractivity contribution is 6.32. The molecule has 2 amide bonds. The fraction of sp³-hybridized carbons (Fsp3) is 0.400. The third-order valence-electron chi connectivity index (χ3n) is 3.63. The van der Waals surface area contributed by atoms with Gasteiger partial charge in [0.15, 0.2) is 5.82 Å². The van der Waals surface area contributed by atoms with Crippen molar-refractivity contribution < 1.29 is 9.32 Å². The highest BCUT2D eigenvalue weighted by atomic mass is 35.5. The molecule has 22 heavy (non-hydrogen) atoms. The normalized spacial score (nSPS) is 13.3.